The van der Waals surface area contributed by atoms with Gasteiger partial charge in [0.25, 0.3) is 0 Å². The average Bonchev–Trinajstić information content (AvgIpc) is 2.14. The fraction of sp³-hybridized carbons (Fsp3) is 0.500. The molecule has 0 amide bonds. The molecule has 0 saturated heterocycles. The molecule has 0 aliphatic heterocycles. The second-order valence-corrected chi connectivity index (χ2v) is 6.77. The van der Waals surface area contributed by atoms with Gasteiger partial charge in [0.1, 0.15) is 10.6 Å². The Hall–Kier alpha value is -0.360. The molecule has 0 aliphatic carbocycles. The van der Waals surface area contributed by atoms with Crippen LogP contribution in [0.4, 0.5) is 4.39 Å². The van der Waals surface area contributed by atoms with Crippen LogP contribution in [0.5, 0.6) is 0 Å². The van der Waals surface area contributed by atoms with E-state index in [2.05, 4.69) is 9.71 Å². The van der Waals surface area contributed by atoms with Crippen molar-refractivity contribution in [2.75, 3.05) is 0 Å². The number of pyridine rings is 1. The third kappa shape index (κ3) is 3.90. The quantitative estimate of drug-likeness (QED) is 0.853. The second-order valence-electron chi connectivity index (χ2n) is 4.28. The van der Waals surface area contributed by atoms with Crippen molar-refractivity contribution in [3.63, 3.8) is 0 Å². The van der Waals surface area contributed by atoms with Crippen LogP contribution in [-0.2, 0) is 17.9 Å². The predicted molar refractivity (Wildman–Crippen MR) is 63.9 cm³/mol. The average molecular weight is 265 g/mol. The number of aromatic nitrogens is 1. The lowest BCUT2D eigenvalue weighted by Crippen LogP contribution is -2.39. The molecule has 0 aliphatic rings. The van der Waals surface area contributed by atoms with Crippen molar-refractivity contribution in [3.05, 3.63) is 28.8 Å². The summed E-state index contributed by atoms with van der Waals surface area (Å²) in [6.45, 7) is 5.62. The van der Waals surface area contributed by atoms with Crippen molar-refractivity contribution in [1.29, 1.82) is 0 Å². The predicted octanol–water partition coefficient (Wildman–Crippen LogP) is 2.43. The van der Waals surface area contributed by atoms with Crippen molar-refractivity contribution in [3.8, 4) is 0 Å². The van der Waals surface area contributed by atoms with Crippen molar-refractivity contribution in [2.45, 2.75) is 32.1 Å². The number of hydrogen-bond donors (Lipinski definition) is 1. The maximum Gasteiger partial charge on any atom is 0.147 e. The highest BCUT2D eigenvalue weighted by molar-refractivity contribution is 7.90. The number of hydrogen-bond acceptors (Lipinski definition) is 3. The number of nitrogens with zero attached hydrogens (tertiary/aromatic N) is 1. The molecule has 90 valence electrons. The summed E-state index contributed by atoms with van der Waals surface area (Å²) in [6, 6.07) is 1.19. The summed E-state index contributed by atoms with van der Waals surface area (Å²) < 4.78 is 27.3. The number of rotatable bonds is 3. The summed E-state index contributed by atoms with van der Waals surface area (Å²) in [5.41, 5.74) is 0.210. The highest BCUT2D eigenvalue weighted by Crippen LogP contribution is 2.15. The van der Waals surface area contributed by atoms with E-state index in [-0.39, 0.29) is 22.0 Å². The first-order chi connectivity index (χ1) is 7.30. The van der Waals surface area contributed by atoms with Gasteiger partial charge in [-0.25, -0.2) is 4.39 Å². The van der Waals surface area contributed by atoms with E-state index in [1.165, 1.54) is 12.3 Å². The summed E-state index contributed by atoms with van der Waals surface area (Å²) in [5.74, 6) is -0.495. The molecule has 3 nitrogen and oxygen atoms in total. The Kier molecular flexibility index (Phi) is 4.55. The van der Waals surface area contributed by atoms with Crippen LogP contribution in [0.3, 0.4) is 0 Å². The van der Waals surface area contributed by atoms with Crippen LogP contribution in [0.25, 0.3) is 0 Å². The van der Waals surface area contributed by atoms with E-state index < -0.39 is 17.2 Å². The van der Waals surface area contributed by atoms with Crippen molar-refractivity contribution in [2.24, 2.45) is 0 Å². The molecule has 0 aromatic carbocycles. The maximum absolute atomic E-state index is 13.3. The molecule has 1 atom stereocenters. The molecule has 1 heterocycles. The van der Waals surface area contributed by atoms with Crippen LogP contribution in [0.1, 0.15) is 26.5 Å². The fourth-order valence-corrected chi connectivity index (χ4v) is 1.77. The van der Waals surface area contributed by atoms with Crippen LogP contribution in [0.15, 0.2) is 12.3 Å². The third-order valence-electron chi connectivity index (χ3n) is 1.81. The SMILES string of the molecule is CC(C)(C)[S+]([O-])NCc1ncc(Cl)cc1F. The molecule has 0 spiro atoms. The Bertz CT molecular complexity index is 370. The molecule has 1 aromatic heterocycles. The van der Waals surface area contributed by atoms with E-state index in [0.29, 0.717) is 0 Å². The minimum Gasteiger partial charge on any atom is -0.598 e. The molecule has 6 heteroatoms. The van der Waals surface area contributed by atoms with E-state index in [9.17, 15) is 8.94 Å². The zero-order chi connectivity index (χ0) is 12.3. The Morgan fingerprint density at radius 3 is 2.69 bits per heavy atom. The summed E-state index contributed by atoms with van der Waals surface area (Å²) in [5, 5.41) is 0.248. The van der Waals surface area contributed by atoms with Crippen molar-refractivity contribution in [1.82, 2.24) is 9.71 Å². The smallest absolute Gasteiger partial charge is 0.147 e. The third-order valence-corrected chi connectivity index (χ3v) is 3.54. The van der Waals surface area contributed by atoms with Crippen molar-refractivity contribution >= 4 is 23.0 Å². The van der Waals surface area contributed by atoms with Gasteiger partial charge >= 0.3 is 0 Å². The van der Waals surface area contributed by atoms with Crippen LogP contribution in [0, 0.1) is 5.82 Å². The van der Waals surface area contributed by atoms with E-state index in [4.69, 9.17) is 11.6 Å². The monoisotopic (exact) mass is 264 g/mol. The first-order valence-electron chi connectivity index (χ1n) is 4.76. The van der Waals surface area contributed by atoms with Crippen LogP contribution >= 0.6 is 11.6 Å². The Labute approximate surface area is 103 Å². The molecule has 0 radical (unpaired) electrons. The van der Waals surface area contributed by atoms with E-state index in [0.717, 1.165) is 0 Å². The van der Waals surface area contributed by atoms with Gasteiger partial charge in [-0.15, -0.1) is 4.72 Å². The van der Waals surface area contributed by atoms with Gasteiger partial charge in [-0.05, 0) is 26.8 Å². The van der Waals surface area contributed by atoms with Crippen LogP contribution in [0.2, 0.25) is 5.02 Å². The molecular formula is C10H14ClFN2OS. The summed E-state index contributed by atoms with van der Waals surface area (Å²) in [4.78, 5) is 3.83. The molecule has 0 bridgehead atoms. The minimum atomic E-state index is -1.24. The first-order valence-corrected chi connectivity index (χ1v) is 6.29. The molecule has 0 fully saturated rings. The highest BCUT2D eigenvalue weighted by atomic mass is 35.5. The molecule has 0 saturated carbocycles. The Balaban J connectivity index is 2.62. The molecule has 1 aromatic rings. The Morgan fingerprint density at radius 1 is 1.56 bits per heavy atom. The topological polar surface area (TPSA) is 48.0 Å². The van der Waals surface area contributed by atoms with Gasteiger partial charge in [-0.1, -0.05) is 11.6 Å². The fourth-order valence-electron chi connectivity index (χ4n) is 0.923. The van der Waals surface area contributed by atoms with E-state index >= 15 is 0 Å². The van der Waals surface area contributed by atoms with Gasteiger partial charge in [0.2, 0.25) is 0 Å². The van der Waals surface area contributed by atoms with Gasteiger partial charge in [-0.3, -0.25) is 4.98 Å². The number of halogens is 2. The van der Waals surface area contributed by atoms with Gasteiger partial charge in [0, 0.05) is 17.6 Å². The largest absolute Gasteiger partial charge is 0.598 e. The first kappa shape index (κ1) is 13.7. The zero-order valence-corrected chi connectivity index (χ0v) is 11.0. The molecule has 16 heavy (non-hydrogen) atoms. The molecular weight excluding hydrogens is 251 g/mol. The lowest BCUT2D eigenvalue weighted by Gasteiger charge is -2.23. The van der Waals surface area contributed by atoms with Crippen LogP contribution < -0.4 is 4.72 Å². The van der Waals surface area contributed by atoms with Gasteiger partial charge in [0.05, 0.1) is 17.3 Å². The lowest BCUT2D eigenvalue weighted by molar-refractivity contribution is 0.538. The van der Waals surface area contributed by atoms with E-state index in [1.807, 2.05) is 20.8 Å². The molecule has 1 unspecified atom stereocenters. The van der Waals surface area contributed by atoms with Gasteiger partial charge in [-0.2, -0.15) is 0 Å². The highest BCUT2D eigenvalue weighted by Gasteiger charge is 2.26. The summed E-state index contributed by atoms with van der Waals surface area (Å²) >= 11 is 4.33. The summed E-state index contributed by atoms with van der Waals surface area (Å²) in [6.07, 6.45) is 1.36. The zero-order valence-electron chi connectivity index (χ0n) is 9.38. The second kappa shape index (κ2) is 5.31. The van der Waals surface area contributed by atoms with Crippen LogP contribution in [-0.4, -0.2) is 14.3 Å². The van der Waals surface area contributed by atoms with Gasteiger partial charge < -0.3 is 4.55 Å². The minimum absolute atomic E-state index is 0.118. The molecule has 1 N–H and O–H groups in total. The standard InChI is InChI=1S/C10H14ClFN2OS/c1-10(2,3)16(15)14-6-9-8(12)4-7(11)5-13-9/h4-5,14H,6H2,1-3H3. The maximum atomic E-state index is 13.3. The molecule has 1 rings (SSSR count). The van der Waals surface area contributed by atoms with Gasteiger partial charge in [0.15, 0.2) is 0 Å². The van der Waals surface area contributed by atoms with Crippen molar-refractivity contribution < 1.29 is 8.94 Å². The normalized spacial score (nSPS) is 13.9. The summed E-state index contributed by atoms with van der Waals surface area (Å²) in [7, 11) is 0. The Morgan fingerprint density at radius 2 is 2.19 bits per heavy atom. The lowest BCUT2D eigenvalue weighted by atomic mass is 10.3. The van der Waals surface area contributed by atoms with E-state index in [1.54, 1.807) is 0 Å². The number of nitrogens with one attached hydrogen (secondary N) is 1.